The van der Waals surface area contributed by atoms with Gasteiger partial charge >= 0.3 is 35.5 Å². The molecular weight excluding hydrogens is 169 g/mol. The summed E-state index contributed by atoms with van der Waals surface area (Å²) in [7, 11) is 0. The molecule has 12 heavy (non-hydrogen) atoms. The normalized spacial score (nSPS) is 21.8. The number of hydrogen-bond donors (Lipinski definition) is 1. The second kappa shape index (κ2) is 4.84. The van der Waals surface area contributed by atoms with E-state index in [4.69, 9.17) is 5.11 Å². The molecule has 0 aliphatic carbocycles. The zero-order valence-electron chi connectivity index (χ0n) is 8.41. The van der Waals surface area contributed by atoms with Gasteiger partial charge in [0.15, 0.2) is 0 Å². The maximum atomic E-state index is 10.8. The Morgan fingerprint density at radius 2 is 2.17 bits per heavy atom. The Balaban J connectivity index is 0. The van der Waals surface area contributed by atoms with E-state index in [0.29, 0.717) is 13.0 Å². The molecule has 0 radical (unpaired) electrons. The molecule has 0 aromatic heterocycles. The average Bonchev–Trinajstić information content (AvgIpc) is 2.32. The molecule has 1 heterocycles. The summed E-state index contributed by atoms with van der Waals surface area (Å²) in [5.74, 6) is -1.03. The van der Waals surface area contributed by atoms with E-state index in [-0.39, 0.29) is 36.9 Å². The number of aliphatic carboxylic acids is 1. The Kier molecular flexibility index (Phi) is 4.82. The van der Waals surface area contributed by atoms with Crippen molar-refractivity contribution in [2.24, 2.45) is 0 Å². The Hall–Kier alpha value is -0.0600. The van der Waals surface area contributed by atoms with E-state index in [1.807, 2.05) is 0 Å². The first kappa shape index (κ1) is 11.9. The van der Waals surface area contributed by atoms with E-state index < -0.39 is 12.0 Å². The maximum absolute atomic E-state index is 10.8. The predicted octanol–water partition coefficient (Wildman–Crippen LogP) is -2.80. The van der Waals surface area contributed by atoms with Gasteiger partial charge in [-0.15, -0.1) is 0 Å². The van der Waals surface area contributed by atoms with Crippen molar-refractivity contribution >= 4 is 11.9 Å². The summed E-state index contributed by atoms with van der Waals surface area (Å²) in [5, 5.41) is 8.64. The molecule has 1 aliphatic heterocycles. The number of nitrogens with zero attached hydrogens (tertiary/aromatic N) is 1. The van der Waals surface area contributed by atoms with Crippen molar-refractivity contribution in [3.8, 4) is 0 Å². The fourth-order valence-corrected chi connectivity index (χ4v) is 1.40. The van der Waals surface area contributed by atoms with Crippen LogP contribution in [0, 0.1) is 0 Å². The molecule has 4 nitrogen and oxygen atoms in total. The Morgan fingerprint density at radius 3 is 2.50 bits per heavy atom. The van der Waals surface area contributed by atoms with Crippen LogP contribution in [0.1, 0.15) is 21.2 Å². The zero-order valence-corrected chi connectivity index (χ0v) is 9.41. The number of carbonyl (C=O) groups excluding carboxylic acids is 1. The van der Waals surface area contributed by atoms with Crippen LogP contribution in [-0.4, -0.2) is 34.5 Å². The van der Waals surface area contributed by atoms with Gasteiger partial charge in [0.1, 0.15) is 6.04 Å². The smallest absolute Gasteiger partial charge is 1.00 e. The van der Waals surface area contributed by atoms with Crippen LogP contribution in [0.4, 0.5) is 0 Å². The van der Waals surface area contributed by atoms with Gasteiger partial charge in [0.05, 0.1) is 0 Å². The molecule has 0 spiro atoms. The minimum atomic E-state index is -0.891. The number of likely N-dealkylation sites (tertiary alicyclic amines) is 1. The minimum Gasteiger partial charge on any atom is -1.00 e. The first-order valence-electron chi connectivity index (χ1n) is 3.63. The summed E-state index contributed by atoms with van der Waals surface area (Å²) in [6, 6.07) is -0.576. The van der Waals surface area contributed by atoms with Gasteiger partial charge in [0.25, 0.3) is 0 Å². The largest absolute Gasteiger partial charge is 1.00 e. The maximum Gasteiger partial charge on any atom is 1.00 e. The summed E-state index contributed by atoms with van der Waals surface area (Å²) in [5.41, 5.74) is 0. The van der Waals surface area contributed by atoms with Crippen LogP contribution in [0.15, 0.2) is 0 Å². The summed E-state index contributed by atoms with van der Waals surface area (Å²) in [4.78, 5) is 22.8. The van der Waals surface area contributed by atoms with Crippen molar-refractivity contribution in [1.82, 2.24) is 4.90 Å². The van der Waals surface area contributed by atoms with E-state index in [1.165, 1.54) is 11.8 Å². The van der Waals surface area contributed by atoms with Gasteiger partial charge in [-0.1, -0.05) is 0 Å². The summed E-state index contributed by atoms with van der Waals surface area (Å²) in [6.45, 7) is 1.99. The molecule has 1 saturated heterocycles. The molecule has 0 aromatic carbocycles. The molecule has 1 rings (SSSR count). The third kappa shape index (κ3) is 2.47. The zero-order chi connectivity index (χ0) is 8.43. The minimum absolute atomic E-state index is 0. The summed E-state index contributed by atoms with van der Waals surface area (Å²) < 4.78 is 0. The molecule has 64 valence electrons. The number of amides is 1. The van der Waals surface area contributed by atoms with Crippen molar-refractivity contribution in [3.05, 3.63) is 0 Å². The molecule has 1 N–H and O–H groups in total. The third-order valence-electron chi connectivity index (χ3n) is 1.94. The second-order valence-corrected chi connectivity index (χ2v) is 2.71. The predicted molar refractivity (Wildman–Crippen MR) is 39.2 cm³/mol. The molecule has 0 aromatic rings. The van der Waals surface area contributed by atoms with Gasteiger partial charge in [0.2, 0.25) is 5.91 Å². The van der Waals surface area contributed by atoms with Gasteiger partial charge < -0.3 is 11.4 Å². The second-order valence-electron chi connectivity index (χ2n) is 2.71. The molecule has 5 heteroatoms. The first-order valence-corrected chi connectivity index (χ1v) is 3.63. The van der Waals surface area contributed by atoms with Crippen molar-refractivity contribution in [3.63, 3.8) is 0 Å². The Bertz CT molecular complexity index is 180. The quantitative estimate of drug-likeness (QED) is 0.444. The van der Waals surface area contributed by atoms with Crippen LogP contribution in [-0.2, 0) is 9.59 Å². The molecule has 1 fully saturated rings. The van der Waals surface area contributed by atoms with E-state index in [2.05, 4.69) is 0 Å². The number of carbonyl (C=O) groups is 2. The van der Waals surface area contributed by atoms with Crippen molar-refractivity contribution in [2.75, 3.05) is 6.54 Å². The topological polar surface area (TPSA) is 57.6 Å². The van der Waals surface area contributed by atoms with Gasteiger partial charge in [-0.3, -0.25) is 4.79 Å². The van der Waals surface area contributed by atoms with E-state index >= 15 is 0 Å². The van der Waals surface area contributed by atoms with Gasteiger partial charge in [-0.05, 0) is 12.8 Å². The van der Waals surface area contributed by atoms with Crippen LogP contribution in [0.25, 0.3) is 0 Å². The Labute approximate surface area is 94.7 Å². The first-order chi connectivity index (χ1) is 5.13. The standard InChI is InChI=1S/C7H11NO3.Na.H/c1-5(9)8-4-2-3-6(8)7(10)11;;/h6H,2-4H2,1H3,(H,10,11);;/q;+1;-1/t6-;;/m0../s1. The number of carboxylic acid groups (broad SMARTS) is 1. The summed E-state index contributed by atoms with van der Waals surface area (Å²) >= 11 is 0. The summed E-state index contributed by atoms with van der Waals surface area (Å²) in [6.07, 6.45) is 1.39. The monoisotopic (exact) mass is 181 g/mol. The van der Waals surface area contributed by atoms with Crippen LogP contribution in [0.5, 0.6) is 0 Å². The SMILES string of the molecule is CC(=O)N1CCC[C@H]1C(=O)O.[H-].[Na+]. The fourth-order valence-electron chi connectivity index (χ4n) is 1.40. The molecule has 0 bridgehead atoms. The van der Waals surface area contributed by atoms with Crippen LogP contribution < -0.4 is 29.6 Å². The van der Waals surface area contributed by atoms with Gasteiger partial charge in [0, 0.05) is 13.5 Å². The van der Waals surface area contributed by atoms with Crippen LogP contribution in [0.2, 0.25) is 0 Å². The van der Waals surface area contributed by atoms with Crippen LogP contribution in [0.3, 0.4) is 0 Å². The van der Waals surface area contributed by atoms with E-state index in [1.54, 1.807) is 0 Å². The van der Waals surface area contributed by atoms with Crippen molar-refractivity contribution in [1.29, 1.82) is 0 Å². The number of rotatable bonds is 1. The fraction of sp³-hybridized carbons (Fsp3) is 0.714. The third-order valence-corrected chi connectivity index (χ3v) is 1.94. The molecule has 1 atom stereocenters. The van der Waals surface area contributed by atoms with Gasteiger partial charge in [-0.25, -0.2) is 4.79 Å². The molecule has 1 aliphatic rings. The molecule has 1 amide bonds. The van der Waals surface area contributed by atoms with Gasteiger partial charge in [-0.2, -0.15) is 0 Å². The van der Waals surface area contributed by atoms with Crippen molar-refractivity contribution < 1.29 is 45.7 Å². The molecular formula is C7H12NNaO3. The van der Waals surface area contributed by atoms with Crippen molar-refractivity contribution in [2.45, 2.75) is 25.8 Å². The van der Waals surface area contributed by atoms with Crippen LogP contribution >= 0.6 is 0 Å². The Morgan fingerprint density at radius 1 is 1.58 bits per heavy atom. The number of carboxylic acids is 1. The number of hydrogen-bond acceptors (Lipinski definition) is 2. The van der Waals surface area contributed by atoms with E-state index in [0.717, 1.165) is 6.42 Å². The molecule has 0 unspecified atom stereocenters. The van der Waals surface area contributed by atoms with E-state index in [9.17, 15) is 9.59 Å². The average molecular weight is 181 g/mol. The molecule has 0 saturated carbocycles.